The number of allylic oxidation sites excluding steroid dienone is 2. The van der Waals surface area contributed by atoms with E-state index in [-0.39, 0.29) is 23.6 Å². The molecule has 1 saturated carbocycles. The molecule has 0 spiro atoms. The van der Waals surface area contributed by atoms with Gasteiger partial charge in [0.2, 0.25) is 0 Å². The Kier molecular flexibility index (Phi) is 5.71. The molecule has 1 amide bonds. The molecular weight excluding hydrogens is 434 g/mol. The number of amides is 1. The molecule has 33 heavy (non-hydrogen) atoms. The molecule has 2 aromatic heterocycles. The fraction of sp³-hybridized carbons (Fsp3) is 0.577. The molecule has 0 radical (unpaired) electrons. The predicted molar refractivity (Wildman–Crippen MR) is 131 cm³/mol. The van der Waals surface area contributed by atoms with Gasteiger partial charge in [0, 0.05) is 11.4 Å². The van der Waals surface area contributed by atoms with Gasteiger partial charge in [0.15, 0.2) is 0 Å². The summed E-state index contributed by atoms with van der Waals surface area (Å²) < 4.78 is 5.54. The summed E-state index contributed by atoms with van der Waals surface area (Å²) in [6.45, 7) is 6.37. The monoisotopic (exact) mass is 467 g/mol. The van der Waals surface area contributed by atoms with E-state index in [1.54, 1.807) is 16.2 Å². The number of aryl methyl sites for hydroxylation is 1. The van der Waals surface area contributed by atoms with Crippen molar-refractivity contribution in [2.45, 2.75) is 89.7 Å². The minimum absolute atomic E-state index is 0.122. The number of hydrogen-bond donors (Lipinski definition) is 1. The van der Waals surface area contributed by atoms with Gasteiger partial charge in [0.1, 0.15) is 11.4 Å². The quantitative estimate of drug-likeness (QED) is 0.642. The summed E-state index contributed by atoms with van der Waals surface area (Å²) in [5.74, 6) is 0.794. The number of rotatable bonds is 3. The minimum Gasteiger partial charge on any atom is -0.444 e. The fourth-order valence-corrected chi connectivity index (χ4v) is 6.11. The van der Waals surface area contributed by atoms with Crippen molar-refractivity contribution in [2.75, 3.05) is 6.54 Å². The summed E-state index contributed by atoms with van der Waals surface area (Å²) in [7, 11) is 0. The highest BCUT2D eigenvalue weighted by Crippen LogP contribution is 2.54. The lowest BCUT2D eigenvalue weighted by Gasteiger charge is -2.26. The van der Waals surface area contributed by atoms with Crippen molar-refractivity contribution in [1.29, 1.82) is 0 Å². The zero-order chi connectivity index (χ0) is 23.2. The van der Waals surface area contributed by atoms with Gasteiger partial charge in [-0.05, 0) is 94.7 Å². The van der Waals surface area contributed by atoms with Crippen molar-refractivity contribution in [3.05, 3.63) is 55.4 Å². The van der Waals surface area contributed by atoms with E-state index < -0.39 is 5.60 Å². The maximum Gasteiger partial charge on any atom is 0.410 e. The maximum atomic E-state index is 13.2. The van der Waals surface area contributed by atoms with E-state index in [0.717, 1.165) is 37.2 Å². The molecule has 1 N–H and O–H groups in total. The summed E-state index contributed by atoms with van der Waals surface area (Å²) in [4.78, 5) is 36.8. The molecule has 2 aromatic rings. The lowest BCUT2D eigenvalue weighted by molar-refractivity contribution is 0.0236. The summed E-state index contributed by atoms with van der Waals surface area (Å²) >= 11 is 1.79. The molecule has 0 atom stereocenters. The summed E-state index contributed by atoms with van der Waals surface area (Å²) in [6, 6.07) is 2.32. The van der Waals surface area contributed by atoms with Crippen molar-refractivity contribution in [1.82, 2.24) is 14.9 Å². The normalized spacial score (nSPS) is 20.0. The Hall–Kier alpha value is -2.41. The predicted octanol–water partition coefficient (Wildman–Crippen LogP) is 5.55. The van der Waals surface area contributed by atoms with Gasteiger partial charge < -0.3 is 14.6 Å². The van der Waals surface area contributed by atoms with Crippen LogP contribution in [0, 0.1) is 0 Å². The third kappa shape index (κ3) is 4.52. The van der Waals surface area contributed by atoms with E-state index >= 15 is 0 Å². The number of aromatic nitrogens is 2. The highest BCUT2D eigenvalue weighted by Gasteiger charge is 2.50. The smallest absolute Gasteiger partial charge is 0.410 e. The SMILES string of the molecule is CC(C)(C)OC(=O)N1CCCc2nc(C3(c4cc(C5=CCCCC5)cs4)CC3)[nH]c(=O)c2C1. The fourth-order valence-electron chi connectivity index (χ4n) is 4.91. The van der Waals surface area contributed by atoms with Crippen molar-refractivity contribution < 1.29 is 9.53 Å². The van der Waals surface area contributed by atoms with Crippen LogP contribution in [0.3, 0.4) is 0 Å². The number of aromatic amines is 1. The van der Waals surface area contributed by atoms with Crippen molar-refractivity contribution >= 4 is 23.0 Å². The van der Waals surface area contributed by atoms with Crippen LogP contribution in [0.1, 0.15) is 93.2 Å². The van der Waals surface area contributed by atoms with Crippen LogP contribution >= 0.6 is 11.3 Å². The van der Waals surface area contributed by atoms with Crippen molar-refractivity contribution in [2.24, 2.45) is 0 Å². The van der Waals surface area contributed by atoms with Gasteiger partial charge in [0.25, 0.3) is 5.56 Å². The first-order valence-corrected chi connectivity index (χ1v) is 13.0. The lowest BCUT2D eigenvalue weighted by Crippen LogP contribution is -2.37. The largest absolute Gasteiger partial charge is 0.444 e. The van der Waals surface area contributed by atoms with Crippen LogP contribution < -0.4 is 5.56 Å². The second-order valence-corrected chi connectivity index (χ2v) is 11.5. The summed E-state index contributed by atoms with van der Waals surface area (Å²) in [5.41, 5.74) is 3.38. The van der Waals surface area contributed by atoms with Crippen LogP contribution in [-0.2, 0) is 23.1 Å². The molecule has 0 saturated heterocycles. The number of thiophene rings is 1. The molecule has 1 fully saturated rings. The molecule has 1 aliphatic heterocycles. The van der Waals surface area contributed by atoms with Crippen LogP contribution in [0.15, 0.2) is 22.3 Å². The molecular formula is C26H33N3O3S. The molecule has 3 heterocycles. The van der Waals surface area contributed by atoms with Gasteiger partial charge in [-0.15, -0.1) is 11.3 Å². The maximum absolute atomic E-state index is 13.2. The summed E-state index contributed by atoms with van der Waals surface area (Å²) in [5, 5.41) is 2.27. The van der Waals surface area contributed by atoms with E-state index in [1.165, 1.54) is 35.3 Å². The summed E-state index contributed by atoms with van der Waals surface area (Å²) in [6.07, 6.45) is 10.4. The van der Waals surface area contributed by atoms with E-state index in [0.29, 0.717) is 18.5 Å². The molecule has 0 unspecified atom stereocenters. The first kappa shape index (κ1) is 22.4. The molecule has 2 aliphatic carbocycles. The molecule has 0 aromatic carbocycles. The first-order valence-electron chi connectivity index (χ1n) is 12.1. The third-order valence-corrected chi connectivity index (χ3v) is 8.01. The average Bonchev–Trinajstić information content (AvgIpc) is 3.48. The lowest BCUT2D eigenvalue weighted by atomic mass is 9.94. The van der Waals surface area contributed by atoms with E-state index in [2.05, 4.69) is 22.5 Å². The highest BCUT2D eigenvalue weighted by atomic mass is 32.1. The molecule has 5 rings (SSSR count). The van der Waals surface area contributed by atoms with Gasteiger partial charge in [-0.25, -0.2) is 9.78 Å². The second-order valence-electron chi connectivity index (χ2n) is 10.6. The van der Waals surface area contributed by atoms with Crippen LogP contribution in [0.25, 0.3) is 5.57 Å². The Labute approximate surface area is 199 Å². The van der Waals surface area contributed by atoms with E-state index in [4.69, 9.17) is 9.72 Å². The third-order valence-electron chi connectivity index (χ3n) is 6.88. The molecule has 0 bridgehead atoms. The second kappa shape index (κ2) is 8.42. The Morgan fingerprint density at radius 1 is 1.21 bits per heavy atom. The average molecular weight is 468 g/mol. The zero-order valence-electron chi connectivity index (χ0n) is 19.8. The highest BCUT2D eigenvalue weighted by molar-refractivity contribution is 7.10. The Balaban J connectivity index is 1.42. The number of H-pyrrole nitrogens is 1. The van der Waals surface area contributed by atoms with Crippen LogP contribution in [-0.4, -0.2) is 33.1 Å². The number of nitrogens with one attached hydrogen (secondary N) is 1. The van der Waals surface area contributed by atoms with Gasteiger partial charge in [-0.1, -0.05) is 6.08 Å². The van der Waals surface area contributed by atoms with Gasteiger partial charge in [0.05, 0.1) is 23.2 Å². The van der Waals surface area contributed by atoms with Crippen molar-refractivity contribution in [3.63, 3.8) is 0 Å². The molecule has 176 valence electrons. The standard InChI is InChI=1S/C26H33N3O3S/c1-25(2,3)32-24(31)29-13-7-10-20-19(15-29)22(30)28-23(27-20)26(11-12-26)21-14-18(16-33-21)17-8-5-4-6-9-17/h8,14,16H,4-7,9-13,15H2,1-3H3,(H,27,28,30). The number of nitrogens with zero attached hydrogens (tertiary/aromatic N) is 2. The van der Waals surface area contributed by atoms with Crippen LogP contribution in [0.2, 0.25) is 0 Å². The van der Waals surface area contributed by atoms with Gasteiger partial charge in [-0.3, -0.25) is 4.79 Å². The first-order chi connectivity index (χ1) is 15.7. The topological polar surface area (TPSA) is 75.3 Å². The number of carbonyl (C=O) groups excluding carboxylic acids is 1. The van der Waals surface area contributed by atoms with Crippen molar-refractivity contribution in [3.8, 4) is 0 Å². The Morgan fingerprint density at radius 3 is 2.73 bits per heavy atom. The Morgan fingerprint density at radius 2 is 2.03 bits per heavy atom. The number of ether oxygens (including phenoxy) is 1. The van der Waals surface area contributed by atoms with Gasteiger partial charge in [-0.2, -0.15) is 0 Å². The van der Waals surface area contributed by atoms with E-state index in [9.17, 15) is 9.59 Å². The zero-order valence-corrected chi connectivity index (χ0v) is 20.6. The number of fused-ring (bicyclic) bond motifs is 1. The number of hydrogen-bond acceptors (Lipinski definition) is 5. The Bertz CT molecular complexity index is 1150. The molecule has 3 aliphatic rings. The molecule has 6 nitrogen and oxygen atoms in total. The minimum atomic E-state index is -0.563. The van der Waals surface area contributed by atoms with Gasteiger partial charge >= 0.3 is 6.09 Å². The van der Waals surface area contributed by atoms with Crippen LogP contribution in [0.5, 0.6) is 0 Å². The van der Waals surface area contributed by atoms with E-state index in [1.807, 2.05) is 20.8 Å². The molecule has 7 heteroatoms. The number of carbonyl (C=O) groups is 1. The van der Waals surface area contributed by atoms with Crippen LogP contribution in [0.4, 0.5) is 4.79 Å².